The largest absolute Gasteiger partial charge is 0.465 e. The maximum atomic E-state index is 12.4. The Morgan fingerprint density at radius 3 is 1.55 bits per heavy atom. The van der Waals surface area contributed by atoms with Crippen molar-refractivity contribution in [3.8, 4) is 22.5 Å². The molecule has 0 aliphatic carbocycles. The zero-order valence-electron chi connectivity index (χ0n) is 21.0. The molecule has 0 unspecified atom stereocenters. The minimum absolute atomic E-state index is 0.164. The Morgan fingerprint density at radius 2 is 1.15 bits per heavy atom. The van der Waals surface area contributed by atoms with Gasteiger partial charge in [-0.25, -0.2) is 24.7 Å². The summed E-state index contributed by atoms with van der Waals surface area (Å²) in [6, 6.07) is 3.02. The maximum absolute atomic E-state index is 12.4. The molecular formula is C25H20F6N6O3. The first kappa shape index (κ1) is 30.0. The van der Waals surface area contributed by atoms with E-state index in [1.807, 2.05) is 0 Å². The van der Waals surface area contributed by atoms with Crippen LogP contribution >= 0.6 is 0 Å². The normalized spacial score (nSPS) is 11.4. The van der Waals surface area contributed by atoms with Crippen LogP contribution in [0.5, 0.6) is 0 Å². The lowest BCUT2D eigenvalue weighted by Crippen LogP contribution is -2.10. The summed E-state index contributed by atoms with van der Waals surface area (Å²) in [4.78, 5) is 32.7. The van der Waals surface area contributed by atoms with Gasteiger partial charge < -0.3 is 9.84 Å². The molecule has 4 aromatic heterocycles. The van der Waals surface area contributed by atoms with E-state index in [1.54, 1.807) is 26.1 Å². The molecule has 0 bridgehead atoms. The van der Waals surface area contributed by atoms with Crippen LogP contribution in [0.4, 0.5) is 26.3 Å². The van der Waals surface area contributed by atoms with E-state index in [-0.39, 0.29) is 23.4 Å². The van der Waals surface area contributed by atoms with Crippen LogP contribution in [0.2, 0.25) is 0 Å². The Bertz CT molecular complexity index is 1480. The number of methoxy groups -OCH3 is 1. The summed E-state index contributed by atoms with van der Waals surface area (Å²) in [6.07, 6.45) is -2.05. The highest BCUT2D eigenvalue weighted by atomic mass is 19.4. The summed E-state index contributed by atoms with van der Waals surface area (Å²) < 4.78 is 78.8. The van der Waals surface area contributed by atoms with E-state index in [2.05, 4.69) is 34.6 Å². The quantitative estimate of drug-likeness (QED) is 0.268. The summed E-state index contributed by atoms with van der Waals surface area (Å²) in [5.74, 6) is -2.97. The first-order valence-electron chi connectivity index (χ1n) is 11.1. The van der Waals surface area contributed by atoms with Crippen LogP contribution in [0, 0.1) is 13.8 Å². The maximum Gasteiger partial charge on any atom is 0.451 e. The van der Waals surface area contributed by atoms with Gasteiger partial charge in [0.25, 0.3) is 0 Å². The number of aromatic nitrogens is 6. The molecule has 4 aromatic rings. The number of halogens is 6. The summed E-state index contributed by atoms with van der Waals surface area (Å²) in [7, 11) is 1.24. The van der Waals surface area contributed by atoms with Crippen molar-refractivity contribution in [2.45, 2.75) is 32.8 Å². The molecule has 0 saturated heterocycles. The standard InChI is InChI=1S/C13H10F3N3O2.C12H10F3N3O/c1-7-4-17-10(3-9(7)11(20)21-2)8-5-18-12(19-6-8)13(14,15)16;1-7-3-16-10(2-8(7)6-19)9-4-17-11(18-5-9)12(13,14)15/h3-6H,1-2H3;2-5,19H,6H2,1H3. The van der Waals surface area contributed by atoms with Crippen LogP contribution in [-0.4, -0.2) is 48.1 Å². The molecule has 0 aromatic carbocycles. The van der Waals surface area contributed by atoms with Crippen LogP contribution in [-0.2, 0) is 23.7 Å². The lowest BCUT2D eigenvalue weighted by atomic mass is 10.1. The van der Waals surface area contributed by atoms with E-state index >= 15 is 0 Å². The zero-order chi connectivity index (χ0) is 29.7. The highest BCUT2D eigenvalue weighted by molar-refractivity contribution is 5.92. The summed E-state index contributed by atoms with van der Waals surface area (Å²) in [5.41, 5.74) is 3.68. The highest BCUT2D eigenvalue weighted by Gasteiger charge is 2.35. The fourth-order valence-corrected chi connectivity index (χ4v) is 3.12. The molecule has 1 N–H and O–H groups in total. The van der Waals surface area contributed by atoms with Gasteiger partial charge in [-0.1, -0.05) is 0 Å². The summed E-state index contributed by atoms with van der Waals surface area (Å²) in [5, 5.41) is 9.13. The van der Waals surface area contributed by atoms with Crippen molar-refractivity contribution < 1.29 is 41.0 Å². The van der Waals surface area contributed by atoms with Gasteiger partial charge in [-0.3, -0.25) is 9.97 Å². The molecular weight excluding hydrogens is 546 g/mol. The molecule has 0 atom stereocenters. The molecule has 210 valence electrons. The van der Waals surface area contributed by atoms with Crippen molar-refractivity contribution in [3.63, 3.8) is 0 Å². The number of rotatable bonds is 4. The number of aliphatic hydroxyl groups excluding tert-OH is 1. The molecule has 0 saturated carbocycles. The van der Waals surface area contributed by atoms with E-state index in [1.165, 1.54) is 19.4 Å². The number of ether oxygens (including phenoxy) is 1. The SMILES string of the molecule is COC(=O)c1cc(-c2cnc(C(F)(F)F)nc2)ncc1C.Cc1cnc(-c2cnc(C(F)(F)F)nc2)cc1CO. The number of hydrogen-bond acceptors (Lipinski definition) is 9. The molecule has 4 rings (SSSR count). The molecule has 40 heavy (non-hydrogen) atoms. The first-order chi connectivity index (χ1) is 18.7. The van der Waals surface area contributed by atoms with Crippen molar-refractivity contribution in [3.05, 3.63) is 83.2 Å². The highest BCUT2D eigenvalue weighted by Crippen LogP contribution is 2.28. The van der Waals surface area contributed by atoms with Crippen LogP contribution in [0.25, 0.3) is 22.5 Å². The third kappa shape index (κ3) is 7.31. The third-order valence-electron chi connectivity index (χ3n) is 5.30. The Labute approximate surface area is 223 Å². The van der Waals surface area contributed by atoms with Crippen molar-refractivity contribution in [2.75, 3.05) is 7.11 Å². The lowest BCUT2D eigenvalue weighted by molar-refractivity contribution is -0.145. The predicted octanol–water partition coefficient (Wildman–Crippen LogP) is 5.01. The second-order valence-corrected chi connectivity index (χ2v) is 8.12. The number of nitrogens with zero attached hydrogens (tertiary/aromatic N) is 6. The van der Waals surface area contributed by atoms with Gasteiger partial charge in [0.05, 0.1) is 30.7 Å². The van der Waals surface area contributed by atoms with Crippen molar-refractivity contribution in [1.29, 1.82) is 0 Å². The van der Waals surface area contributed by atoms with E-state index in [9.17, 15) is 31.1 Å². The van der Waals surface area contributed by atoms with Gasteiger partial charge in [-0.2, -0.15) is 26.3 Å². The fraction of sp³-hybridized carbons (Fsp3) is 0.240. The smallest absolute Gasteiger partial charge is 0.451 e. The second-order valence-electron chi connectivity index (χ2n) is 8.12. The number of esters is 1. The number of hydrogen-bond donors (Lipinski definition) is 1. The van der Waals surface area contributed by atoms with Gasteiger partial charge in [0.2, 0.25) is 11.6 Å². The van der Waals surface area contributed by atoms with E-state index in [0.29, 0.717) is 22.4 Å². The molecule has 15 heteroatoms. The molecule has 0 spiro atoms. The van der Waals surface area contributed by atoms with Gasteiger partial charge in [0.1, 0.15) is 0 Å². The molecule has 9 nitrogen and oxygen atoms in total. The van der Waals surface area contributed by atoms with Gasteiger partial charge >= 0.3 is 18.3 Å². The van der Waals surface area contributed by atoms with Crippen molar-refractivity contribution >= 4 is 5.97 Å². The summed E-state index contributed by atoms with van der Waals surface area (Å²) >= 11 is 0. The van der Waals surface area contributed by atoms with Crippen LogP contribution in [0.1, 0.15) is 38.7 Å². The number of pyridine rings is 2. The minimum atomic E-state index is -4.60. The predicted molar refractivity (Wildman–Crippen MR) is 127 cm³/mol. The first-order valence-corrected chi connectivity index (χ1v) is 11.1. The summed E-state index contributed by atoms with van der Waals surface area (Å²) in [6.45, 7) is 3.29. The lowest BCUT2D eigenvalue weighted by Gasteiger charge is -2.07. The van der Waals surface area contributed by atoms with Crippen LogP contribution in [0.15, 0.2) is 49.3 Å². The Kier molecular flexibility index (Phi) is 9.09. The average molecular weight is 566 g/mol. The van der Waals surface area contributed by atoms with Gasteiger partial charge in [-0.05, 0) is 42.7 Å². The number of alkyl halides is 6. The van der Waals surface area contributed by atoms with Crippen molar-refractivity contribution in [1.82, 2.24) is 29.9 Å². The van der Waals surface area contributed by atoms with Crippen LogP contribution in [0.3, 0.4) is 0 Å². The monoisotopic (exact) mass is 566 g/mol. The topological polar surface area (TPSA) is 124 Å². The average Bonchev–Trinajstić information content (AvgIpc) is 2.93. The Morgan fingerprint density at radius 1 is 0.725 bits per heavy atom. The molecule has 0 aliphatic heterocycles. The van der Waals surface area contributed by atoms with Gasteiger partial charge in [0.15, 0.2) is 0 Å². The molecule has 0 aliphatic rings. The van der Waals surface area contributed by atoms with Gasteiger partial charge in [0, 0.05) is 48.3 Å². The molecule has 4 heterocycles. The Hall–Kier alpha value is -4.53. The number of carbonyl (C=O) groups is 1. The van der Waals surface area contributed by atoms with Gasteiger partial charge in [-0.15, -0.1) is 0 Å². The Balaban J connectivity index is 0.000000222. The van der Waals surface area contributed by atoms with E-state index in [0.717, 1.165) is 30.4 Å². The zero-order valence-corrected chi connectivity index (χ0v) is 21.0. The van der Waals surface area contributed by atoms with Crippen LogP contribution < -0.4 is 0 Å². The number of aliphatic hydroxyl groups is 1. The number of aryl methyl sites for hydroxylation is 2. The minimum Gasteiger partial charge on any atom is -0.465 e. The van der Waals surface area contributed by atoms with Crippen molar-refractivity contribution in [2.24, 2.45) is 0 Å². The van der Waals surface area contributed by atoms with E-state index < -0.39 is 30.0 Å². The number of carbonyl (C=O) groups excluding carboxylic acids is 1. The third-order valence-corrected chi connectivity index (χ3v) is 5.30. The molecule has 0 amide bonds. The van der Waals surface area contributed by atoms with E-state index in [4.69, 9.17) is 5.11 Å². The molecule has 0 radical (unpaired) electrons. The fourth-order valence-electron chi connectivity index (χ4n) is 3.12. The second kappa shape index (κ2) is 12.1. The molecule has 0 fully saturated rings.